The average Bonchev–Trinajstić information content (AvgIpc) is 3.12. The molecule has 3 rings (SSSR count). The number of benzene rings is 1. The maximum atomic E-state index is 12.3. The first-order chi connectivity index (χ1) is 14.3. The molecule has 2 N–H and O–H groups in total. The molecule has 2 aromatic heterocycles. The van der Waals surface area contributed by atoms with Crippen molar-refractivity contribution in [2.24, 2.45) is 5.73 Å². The number of aromatic nitrogens is 3. The van der Waals surface area contributed by atoms with Crippen LogP contribution in [-0.2, 0) is 11.3 Å². The lowest BCUT2D eigenvalue weighted by Gasteiger charge is -2.09. The Hall–Kier alpha value is -2.82. The molecule has 0 amide bonds. The van der Waals surface area contributed by atoms with Crippen LogP contribution in [0, 0.1) is 0 Å². The monoisotopic (exact) mass is 492 g/mol. The molecule has 3 aromatic rings. The number of ether oxygens (including phenoxy) is 2. The van der Waals surface area contributed by atoms with E-state index in [4.69, 9.17) is 10.5 Å². The van der Waals surface area contributed by atoms with Crippen LogP contribution < -0.4 is 10.5 Å². The zero-order valence-electron chi connectivity index (χ0n) is 16.8. The molecule has 174 valence electrons. The minimum Gasteiger partial charge on any atom is -0.461 e. The molecule has 0 saturated carbocycles. The van der Waals surface area contributed by atoms with Crippen molar-refractivity contribution in [3.8, 4) is 28.3 Å². The Bertz CT molecular complexity index is 1030. The van der Waals surface area contributed by atoms with Crippen LogP contribution in [0.2, 0.25) is 0 Å². The second-order valence-electron chi connectivity index (χ2n) is 6.15. The summed E-state index contributed by atoms with van der Waals surface area (Å²) >= 11 is 0. The number of pyridine rings is 1. The van der Waals surface area contributed by atoms with Gasteiger partial charge >= 0.3 is 12.3 Å². The number of carbonyl (C=O) groups is 1. The Morgan fingerprint density at radius 2 is 1.75 bits per heavy atom. The molecule has 12 heteroatoms. The van der Waals surface area contributed by atoms with Gasteiger partial charge in [0.1, 0.15) is 11.4 Å². The minimum atomic E-state index is -4.75. The SMILES string of the molecule is CCOC(=O)c1cc(-c2ccnc(-c3ccc(OC(F)(F)F)cc3)c2)nn1CCN.Cl.Cl. The number of esters is 1. The van der Waals surface area contributed by atoms with Crippen molar-refractivity contribution in [3.05, 3.63) is 54.4 Å². The molecule has 0 aliphatic rings. The number of rotatable bonds is 7. The highest BCUT2D eigenvalue weighted by molar-refractivity contribution is 5.89. The second-order valence-corrected chi connectivity index (χ2v) is 6.15. The summed E-state index contributed by atoms with van der Waals surface area (Å²) < 4.78 is 47.4. The van der Waals surface area contributed by atoms with Crippen molar-refractivity contribution in [1.82, 2.24) is 14.8 Å². The van der Waals surface area contributed by atoms with Crippen LogP contribution in [0.15, 0.2) is 48.7 Å². The summed E-state index contributed by atoms with van der Waals surface area (Å²) in [5.74, 6) is -0.818. The summed E-state index contributed by atoms with van der Waals surface area (Å²) in [4.78, 5) is 16.4. The van der Waals surface area contributed by atoms with Gasteiger partial charge in [-0.15, -0.1) is 38.0 Å². The summed E-state index contributed by atoms with van der Waals surface area (Å²) in [5.41, 5.74) is 8.20. The number of alkyl halides is 3. The lowest BCUT2D eigenvalue weighted by atomic mass is 10.1. The first-order valence-electron chi connectivity index (χ1n) is 9.08. The summed E-state index contributed by atoms with van der Waals surface area (Å²) in [6, 6.07) is 10.4. The quantitative estimate of drug-likeness (QED) is 0.488. The van der Waals surface area contributed by atoms with E-state index in [1.807, 2.05) is 0 Å². The highest BCUT2D eigenvalue weighted by Crippen LogP contribution is 2.28. The standard InChI is InChI=1S/C20H19F3N4O3.2ClH/c1-2-29-19(28)18-12-17(26-27(18)10-8-24)14-7-9-25-16(11-14)13-3-5-15(6-4-13)30-20(21,22)23;;/h3-7,9,11-12H,2,8,10,24H2,1H3;2*1H. The maximum absolute atomic E-state index is 12.3. The molecule has 0 saturated heterocycles. The van der Waals surface area contributed by atoms with E-state index in [-0.39, 0.29) is 42.9 Å². The van der Waals surface area contributed by atoms with Crippen molar-refractivity contribution in [2.45, 2.75) is 19.8 Å². The van der Waals surface area contributed by atoms with Gasteiger partial charge in [-0.2, -0.15) is 5.10 Å². The Morgan fingerprint density at radius 3 is 2.34 bits per heavy atom. The first-order valence-corrected chi connectivity index (χ1v) is 9.08. The van der Waals surface area contributed by atoms with Gasteiger partial charge in [0.15, 0.2) is 0 Å². The zero-order chi connectivity index (χ0) is 21.7. The van der Waals surface area contributed by atoms with Gasteiger partial charge in [0, 0.05) is 23.9 Å². The van der Waals surface area contributed by atoms with Gasteiger partial charge in [0.05, 0.1) is 24.5 Å². The van der Waals surface area contributed by atoms with Gasteiger partial charge < -0.3 is 15.2 Å². The highest BCUT2D eigenvalue weighted by atomic mass is 35.5. The molecular formula is C20H21Cl2F3N4O3. The number of nitrogens with two attached hydrogens (primary N) is 1. The van der Waals surface area contributed by atoms with E-state index < -0.39 is 12.3 Å². The maximum Gasteiger partial charge on any atom is 0.573 e. The average molecular weight is 493 g/mol. The second kappa shape index (κ2) is 11.7. The molecule has 0 radical (unpaired) electrons. The molecule has 0 spiro atoms. The van der Waals surface area contributed by atoms with Crippen molar-refractivity contribution in [3.63, 3.8) is 0 Å². The van der Waals surface area contributed by atoms with E-state index in [9.17, 15) is 18.0 Å². The Balaban J connectivity index is 0.00000256. The molecule has 0 bridgehead atoms. The topological polar surface area (TPSA) is 92.3 Å². The minimum absolute atomic E-state index is 0. The summed E-state index contributed by atoms with van der Waals surface area (Å²) in [6.45, 7) is 2.58. The molecule has 2 heterocycles. The van der Waals surface area contributed by atoms with Crippen LogP contribution in [0.5, 0.6) is 5.75 Å². The van der Waals surface area contributed by atoms with E-state index in [0.717, 1.165) is 0 Å². The molecule has 0 atom stereocenters. The smallest absolute Gasteiger partial charge is 0.461 e. The van der Waals surface area contributed by atoms with E-state index in [1.165, 1.54) is 28.9 Å². The number of halogens is 5. The highest BCUT2D eigenvalue weighted by Gasteiger charge is 2.31. The van der Waals surface area contributed by atoms with Crippen LogP contribution in [0.4, 0.5) is 13.2 Å². The van der Waals surface area contributed by atoms with E-state index in [0.29, 0.717) is 35.6 Å². The number of nitrogens with zero attached hydrogens (tertiary/aromatic N) is 3. The van der Waals surface area contributed by atoms with E-state index >= 15 is 0 Å². The van der Waals surface area contributed by atoms with Gasteiger partial charge in [0.25, 0.3) is 0 Å². The third-order valence-electron chi connectivity index (χ3n) is 4.04. The molecule has 1 aromatic carbocycles. The number of hydrogen-bond donors (Lipinski definition) is 1. The summed E-state index contributed by atoms with van der Waals surface area (Å²) in [5, 5.41) is 4.43. The van der Waals surface area contributed by atoms with Gasteiger partial charge in [-0.1, -0.05) is 0 Å². The summed E-state index contributed by atoms with van der Waals surface area (Å²) in [6.07, 6.45) is -3.20. The normalized spacial score (nSPS) is 10.7. The van der Waals surface area contributed by atoms with Gasteiger partial charge in [-0.3, -0.25) is 9.67 Å². The Kier molecular flexibility index (Phi) is 9.95. The molecule has 0 fully saturated rings. The first kappa shape index (κ1) is 27.2. The molecular weight excluding hydrogens is 472 g/mol. The lowest BCUT2D eigenvalue weighted by molar-refractivity contribution is -0.274. The zero-order valence-corrected chi connectivity index (χ0v) is 18.5. The fourth-order valence-corrected chi connectivity index (χ4v) is 2.80. The van der Waals surface area contributed by atoms with Crippen molar-refractivity contribution in [2.75, 3.05) is 13.2 Å². The van der Waals surface area contributed by atoms with Crippen LogP contribution in [0.3, 0.4) is 0 Å². The summed E-state index contributed by atoms with van der Waals surface area (Å²) in [7, 11) is 0. The van der Waals surface area contributed by atoms with E-state index in [1.54, 1.807) is 31.3 Å². The van der Waals surface area contributed by atoms with Crippen LogP contribution in [-0.4, -0.2) is 40.2 Å². The van der Waals surface area contributed by atoms with E-state index in [2.05, 4.69) is 14.8 Å². The molecule has 0 unspecified atom stereocenters. The predicted octanol–water partition coefficient (Wildman–Crippen LogP) is 4.49. The third-order valence-corrected chi connectivity index (χ3v) is 4.04. The van der Waals surface area contributed by atoms with Crippen LogP contribution in [0.1, 0.15) is 17.4 Å². The number of hydrogen-bond acceptors (Lipinski definition) is 6. The van der Waals surface area contributed by atoms with Crippen LogP contribution in [0.25, 0.3) is 22.5 Å². The third kappa shape index (κ3) is 6.84. The molecule has 32 heavy (non-hydrogen) atoms. The van der Waals surface area contributed by atoms with Gasteiger partial charge in [-0.05, 0) is 49.4 Å². The molecule has 0 aliphatic heterocycles. The lowest BCUT2D eigenvalue weighted by Crippen LogP contribution is -2.17. The van der Waals surface area contributed by atoms with Gasteiger partial charge in [0.2, 0.25) is 0 Å². The Morgan fingerprint density at radius 1 is 1.06 bits per heavy atom. The molecule has 7 nitrogen and oxygen atoms in total. The fraction of sp³-hybridized carbons (Fsp3) is 0.250. The van der Waals surface area contributed by atoms with Crippen molar-refractivity contribution >= 4 is 30.8 Å². The Labute approximate surface area is 194 Å². The van der Waals surface area contributed by atoms with Gasteiger partial charge in [-0.25, -0.2) is 4.79 Å². The van der Waals surface area contributed by atoms with Crippen LogP contribution >= 0.6 is 24.8 Å². The van der Waals surface area contributed by atoms with Crippen molar-refractivity contribution < 1.29 is 27.4 Å². The molecule has 0 aliphatic carbocycles. The largest absolute Gasteiger partial charge is 0.573 e. The fourth-order valence-electron chi connectivity index (χ4n) is 2.80. The predicted molar refractivity (Wildman–Crippen MR) is 117 cm³/mol. The van der Waals surface area contributed by atoms with Crippen molar-refractivity contribution in [1.29, 1.82) is 0 Å². The number of carbonyl (C=O) groups excluding carboxylic acids is 1.